The molecule has 1 unspecified atom stereocenters. The number of nitrogens with two attached hydrogens (primary N) is 1. The normalized spacial score (nSPS) is 12.8. The van der Waals surface area contributed by atoms with Crippen LogP contribution in [0.3, 0.4) is 0 Å². The van der Waals surface area contributed by atoms with Crippen LogP contribution in [0.15, 0.2) is 28.9 Å². The standard InChI is InChI=1S/C11H7ClF3NO/c12-11-6(3-4-17-11)10(16)5-1-2-7(13)9(15)8(5)14/h1-4,10H,16H2. The number of furan rings is 1. The number of hydrogen-bond donors (Lipinski definition) is 1. The zero-order valence-electron chi connectivity index (χ0n) is 8.38. The third-order valence-corrected chi connectivity index (χ3v) is 2.69. The minimum absolute atomic E-state index is 0.0124. The third-order valence-electron chi connectivity index (χ3n) is 2.38. The lowest BCUT2D eigenvalue weighted by Crippen LogP contribution is -2.14. The van der Waals surface area contributed by atoms with Crippen LogP contribution in [-0.2, 0) is 0 Å². The van der Waals surface area contributed by atoms with Gasteiger partial charge in [0.25, 0.3) is 0 Å². The summed E-state index contributed by atoms with van der Waals surface area (Å²) in [6, 6.07) is 2.30. The van der Waals surface area contributed by atoms with Crippen molar-refractivity contribution in [1.82, 2.24) is 0 Å². The summed E-state index contributed by atoms with van der Waals surface area (Å²) in [7, 11) is 0. The first-order valence-electron chi connectivity index (χ1n) is 4.64. The van der Waals surface area contributed by atoms with Gasteiger partial charge in [0.05, 0.1) is 12.3 Å². The lowest BCUT2D eigenvalue weighted by Gasteiger charge is -2.12. The molecule has 1 heterocycles. The maximum absolute atomic E-state index is 13.5. The van der Waals surface area contributed by atoms with Gasteiger partial charge in [-0.25, -0.2) is 13.2 Å². The maximum atomic E-state index is 13.5. The van der Waals surface area contributed by atoms with Crippen LogP contribution in [0.4, 0.5) is 13.2 Å². The Bertz CT molecular complexity index is 556. The number of halogens is 4. The molecule has 0 saturated heterocycles. The highest BCUT2D eigenvalue weighted by molar-refractivity contribution is 6.29. The molecule has 1 aromatic carbocycles. The van der Waals surface area contributed by atoms with Gasteiger partial charge in [-0.1, -0.05) is 6.07 Å². The molecule has 2 nitrogen and oxygen atoms in total. The van der Waals surface area contributed by atoms with Crippen LogP contribution in [0.1, 0.15) is 17.2 Å². The molecule has 0 aliphatic rings. The van der Waals surface area contributed by atoms with Crippen molar-refractivity contribution in [1.29, 1.82) is 0 Å². The quantitative estimate of drug-likeness (QED) is 0.842. The molecule has 0 fully saturated rings. The first kappa shape index (κ1) is 12.0. The minimum Gasteiger partial charge on any atom is -0.453 e. The highest BCUT2D eigenvalue weighted by atomic mass is 35.5. The Balaban J connectivity index is 2.48. The average Bonchev–Trinajstić information content (AvgIpc) is 2.72. The smallest absolute Gasteiger partial charge is 0.198 e. The van der Waals surface area contributed by atoms with Gasteiger partial charge in [0.1, 0.15) is 0 Å². The Hall–Kier alpha value is -1.46. The third kappa shape index (κ3) is 2.03. The summed E-state index contributed by atoms with van der Waals surface area (Å²) in [6.45, 7) is 0. The predicted octanol–water partition coefficient (Wildman–Crippen LogP) is 3.40. The van der Waals surface area contributed by atoms with E-state index in [0.29, 0.717) is 5.56 Å². The van der Waals surface area contributed by atoms with E-state index in [1.165, 1.54) is 12.3 Å². The fourth-order valence-corrected chi connectivity index (χ4v) is 1.71. The van der Waals surface area contributed by atoms with Crippen LogP contribution in [0.5, 0.6) is 0 Å². The van der Waals surface area contributed by atoms with Crippen molar-refractivity contribution in [3.8, 4) is 0 Å². The van der Waals surface area contributed by atoms with Crippen molar-refractivity contribution in [2.75, 3.05) is 0 Å². The molecule has 0 radical (unpaired) electrons. The molecular formula is C11H7ClF3NO. The molecule has 0 aliphatic heterocycles. The fourth-order valence-electron chi connectivity index (χ4n) is 1.48. The summed E-state index contributed by atoms with van der Waals surface area (Å²) in [5, 5.41) is -0.0124. The van der Waals surface area contributed by atoms with E-state index in [9.17, 15) is 13.2 Å². The summed E-state index contributed by atoms with van der Waals surface area (Å²) in [5.74, 6) is -4.15. The number of hydrogen-bond acceptors (Lipinski definition) is 2. The highest BCUT2D eigenvalue weighted by Gasteiger charge is 2.22. The largest absolute Gasteiger partial charge is 0.453 e. The molecule has 1 aromatic heterocycles. The number of rotatable bonds is 2. The molecule has 0 spiro atoms. The maximum Gasteiger partial charge on any atom is 0.198 e. The SMILES string of the molecule is NC(c1ccoc1Cl)c1ccc(F)c(F)c1F. The van der Waals surface area contributed by atoms with E-state index in [1.54, 1.807) is 0 Å². The minimum atomic E-state index is -1.56. The zero-order chi connectivity index (χ0) is 12.6. The lowest BCUT2D eigenvalue weighted by atomic mass is 10.0. The van der Waals surface area contributed by atoms with Gasteiger partial charge in [-0.3, -0.25) is 0 Å². The Morgan fingerprint density at radius 3 is 2.35 bits per heavy atom. The van der Waals surface area contributed by atoms with Gasteiger partial charge >= 0.3 is 0 Å². The van der Waals surface area contributed by atoms with E-state index in [-0.39, 0.29) is 10.8 Å². The lowest BCUT2D eigenvalue weighted by molar-refractivity contribution is 0.438. The molecule has 6 heteroatoms. The van der Waals surface area contributed by atoms with Crippen LogP contribution in [-0.4, -0.2) is 0 Å². The Labute approximate surface area is 99.8 Å². The van der Waals surface area contributed by atoms with Crippen molar-refractivity contribution in [3.63, 3.8) is 0 Å². The topological polar surface area (TPSA) is 39.2 Å². The summed E-state index contributed by atoms with van der Waals surface area (Å²) in [6.07, 6.45) is 1.27. The molecule has 0 bridgehead atoms. The highest BCUT2D eigenvalue weighted by Crippen LogP contribution is 2.29. The molecule has 17 heavy (non-hydrogen) atoms. The number of benzene rings is 1. The van der Waals surface area contributed by atoms with Gasteiger partial charge < -0.3 is 10.2 Å². The van der Waals surface area contributed by atoms with Crippen LogP contribution in [0.2, 0.25) is 5.22 Å². The van der Waals surface area contributed by atoms with Crippen LogP contribution in [0, 0.1) is 17.5 Å². The first-order valence-corrected chi connectivity index (χ1v) is 5.02. The van der Waals surface area contributed by atoms with Crippen LogP contribution < -0.4 is 5.73 Å². The summed E-state index contributed by atoms with van der Waals surface area (Å²) >= 11 is 5.67. The van der Waals surface area contributed by atoms with E-state index < -0.39 is 23.5 Å². The second-order valence-corrected chi connectivity index (χ2v) is 3.74. The van der Waals surface area contributed by atoms with E-state index in [0.717, 1.165) is 12.1 Å². The van der Waals surface area contributed by atoms with Gasteiger partial charge in [-0.2, -0.15) is 0 Å². The van der Waals surface area contributed by atoms with Crippen LogP contribution in [0.25, 0.3) is 0 Å². The van der Waals surface area contributed by atoms with Crippen molar-refractivity contribution < 1.29 is 17.6 Å². The molecule has 0 aliphatic carbocycles. The van der Waals surface area contributed by atoms with Crippen molar-refractivity contribution in [2.45, 2.75) is 6.04 Å². The van der Waals surface area contributed by atoms with Crippen molar-refractivity contribution in [3.05, 3.63) is 58.3 Å². The molecular weight excluding hydrogens is 255 g/mol. The first-order chi connectivity index (χ1) is 8.02. The van der Waals surface area contributed by atoms with Gasteiger partial charge in [0.15, 0.2) is 22.7 Å². The molecule has 90 valence electrons. The van der Waals surface area contributed by atoms with E-state index in [1.807, 2.05) is 0 Å². The van der Waals surface area contributed by atoms with Gasteiger partial charge in [0.2, 0.25) is 0 Å². The average molecular weight is 262 g/mol. The fraction of sp³-hybridized carbons (Fsp3) is 0.0909. The van der Waals surface area contributed by atoms with E-state index in [2.05, 4.69) is 0 Å². The Morgan fingerprint density at radius 1 is 1.06 bits per heavy atom. The second-order valence-electron chi connectivity index (χ2n) is 3.39. The van der Waals surface area contributed by atoms with Crippen molar-refractivity contribution in [2.24, 2.45) is 5.73 Å². The van der Waals surface area contributed by atoms with Gasteiger partial charge in [0, 0.05) is 11.1 Å². The van der Waals surface area contributed by atoms with Crippen molar-refractivity contribution >= 4 is 11.6 Å². The van der Waals surface area contributed by atoms with Gasteiger partial charge in [-0.15, -0.1) is 0 Å². The second kappa shape index (κ2) is 4.43. The van der Waals surface area contributed by atoms with E-state index >= 15 is 0 Å². The predicted molar refractivity (Wildman–Crippen MR) is 56.1 cm³/mol. The van der Waals surface area contributed by atoms with Gasteiger partial charge in [-0.05, 0) is 23.7 Å². The Morgan fingerprint density at radius 2 is 1.76 bits per heavy atom. The molecule has 2 aromatic rings. The van der Waals surface area contributed by atoms with Crippen LogP contribution >= 0.6 is 11.6 Å². The molecule has 1 atom stereocenters. The Kier molecular flexibility index (Phi) is 3.13. The summed E-state index contributed by atoms with van der Waals surface area (Å²) in [4.78, 5) is 0. The zero-order valence-corrected chi connectivity index (χ0v) is 9.14. The summed E-state index contributed by atoms with van der Waals surface area (Å²) < 4.78 is 44.0. The molecule has 2 N–H and O–H groups in total. The summed E-state index contributed by atoms with van der Waals surface area (Å²) in [5.41, 5.74) is 5.82. The van der Waals surface area contributed by atoms with E-state index in [4.69, 9.17) is 21.8 Å². The molecule has 0 amide bonds. The monoisotopic (exact) mass is 261 g/mol. The molecule has 0 saturated carbocycles. The molecule has 2 rings (SSSR count).